The Hall–Kier alpha value is -9.48. The van der Waals surface area contributed by atoms with Gasteiger partial charge in [-0.2, -0.15) is 0 Å². The van der Waals surface area contributed by atoms with E-state index in [2.05, 4.69) is 235 Å². The minimum Gasteiger partial charge on any atom is -0.307 e. The third-order valence-corrected chi connectivity index (χ3v) is 17.1. The van der Waals surface area contributed by atoms with Crippen LogP contribution in [-0.4, -0.2) is 30.0 Å². The molecule has 0 unspecified atom stereocenters. The number of pyridine rings is 2. The topological polar surface area (TPSA) is 93.2 Å². The van der Waals surface area contributed by atoms with E-state index >= 15 is 0 Å². The number of hydrogen-bond donors (Lipinski definition) is 2. The molecule has 4 aromatic heterocycles. The summed E-state index contributed by atoms with van der Waals surface area (Å²) < 4.78 is 8.55. The van der Waals surface area contributed by atoms with Gasteiger partial charge in [-0.3, -0.25) is 0 Å². The van der Waals surface area contributed by atoms with E-state index in [-0.39, 0.29) is 0 Å². The van der Waals surface area contributed by atoms with Gasteiger partial charge >= 0.3 is 0 Å². The van der Waals surface area contributed by atoms with Crippen LogP contribution in [0.25, 0.3) is 129 Å². The first-order valence-electron chi connectivity index (χ1n) is 27.2. The molecule has 4 heterocycles. The van der Waals surface area contributed by atoms with Crippen molar-refractivity contribution in [2.45, 2.75) is 52.4 Å². The molecular formula is C68H50N10+2. The van der Waals surface area contributed by atoms with Crippen LogP contribution in [0.3, 0.4) is 0 Å². The fraction of sp³-hybridized carbons (Fsp3) is 0.118. The third-order valence-electron chi connectivity index (χ3n) is 17.1. The molecule has 0 aliphatic carbocycles. The molecule has 17 aromatic rings. The summed E-state index contributed by atoms with van der Waals surface area (Å²) in [6, 6.07) is 58.8. The normalized spacial score (nSPS) is 12.6. The van der Waals surface area contributed by atoms with Gasteiger partial charge in [-0.15, -0.1) is 10.2 Å². The molecule has 10 nitrogen and oxygen atoms in total. The van der Waals surface area contributed by atoms with Gasteiger partial charge in [-0.25, -0.2) is 18.5 Å². The van der Waals surface area contributed by atoms with Crippen LogP contribution in [-0.2, 0) is 52.4 Å². The highest BCUT2D eigenvalue weighted by Gasteiger charge is 2.22. The van der Waals surface area contributed by atoms with Gasteiger partial charge < -0.3 is 10.6 Å². The second kappa shape index (κ2) is 17.0. The van der Waals surface area contributed by atoms with E-state index in [0.717, 1.165) is 50.7 Å². The standard InChI is InChI=1S/C68H50N10/c1-3-41-7-9-45-11-13-47(55-21-15-43(5-1)61(41)65(45)55)31-69-33-53-39-77(73-71-53)29-27-75-35-49-17-23-57-59-25-19-51-37-76(38-52-20-26-60(68(59)64(51)52)58-24-18-50(36-75)63(49)67(57)58)28-30-78-40-54(72-74-78)34-70-32-48-14-12-46-10-8-42-4-2-6-44-16-22-56(48)66(46)62(42)44/h1-26,35-40,69-70H,27-34H2/q+2. The summed E-state index contributed by atoms with van der Waals surface area (Å²) in [5, 5.41) is 56.7. The number of hydrogen-bond acceptors (Lipinski definition) is 6. The molecular weight excluding hydrogens is 957 g/mol. The van der Waals surface area contributed by atoms with Crippen LogP contribution < -0.4 is 19.8 Å². The molecule has 0 fully saturated rings. The predicted octanol–water partition coefficient (Wildman–Crippen LogP) is 13.0. The maximum Gasteiger partial charge on any atom is 0.176 e. The summed E-state index contributed by atoms with van der Waals surface area (Å²) in [4.78, 5) is 0. The smallest absolute Gasteiger partial charge is 0.176 e. The van der Waals surface area contributed by atoms with E-state index < -0.39 is 0 Å². The highest BCUT2D eigenvalue weighted by Crippen LogP contribution is 2.45. The van der Waals surface area contributed by atoms with Gasteiger partial charge in [0.05, 0.1) is 23.8 Å². The summed E-state index contributed by atoms with van der Waals surface area (Å²) in [5.41, 5.74) is 4.46. The van der Waals surface area contributed by atoms with Crippen LogP contribution in [0.1, 0.15) is 22.5 Å². The second-order valence-electron chi connectivity index (χ2n) is 21.6. The lowest BCUT2D eigenvalue weighted by Crippen LogP contribution is -2.35. The van der Waals surface area contributed by atoms with Gasteiger partial charge in [0, 0.05) is 58.5 Å². The second-order valence-corrected chi connectivity index (χ2v) is 21.6. The first-order valence-corrected chi connectivity index (χ1v) is 27.2. The predicted molar refractivity (Wildman–Crippen MR) is 316 cm³/mol. The van der Waals surface area contributed by atoms with Gasteiger partial charge in [0.15, 0.2) is 37.9 Å². The minimum absolute atomic E-state index is 0.649. The Bertz CT molecular complexity index is 4720. The third kappa shape index (κ3) is 6.83. The van der Waals surface area contributed by atoms with Crippen LogP contribution in [0, 0.1) is 0 Å². The number of rotatable bonds is 14. The fourth-order valence-electron chi connectivity index (χ4n) is 13.5. The zero-order valence-corrected chi connectivity index (χ0v) is 42.7. The average Bonchev–Trinajstić information content (AvgIpc) is 4.16. The van der Waals surface area contributed by atoms with Crippen LogP contribution in [0.15, 0.2) is 195 Å². The molecule has 2 N–H and O–H groups in total. The van der Waals surface area contributed by atoms with Crippen molar-refractivity contribution in [2.75, 3.05) is 0 Å². The van der Waals surface area contributed by atoms with Gasteiger partial charge in [0.25, 0.3) is 0 Å². The summed E-state index contributed by atoms with van der Waals surface area (Å²) in [6.45, 7) is 5.82. The quantitative estimate of drug-likeness (QED) is 0.0640. The Labute approximate surface area is 446 Å². The number of nitrogens with one attached hydrogen (secondary N) is 2. The Morgan fingerprint density at radius 2 is 0.628 bits per heavy atom. The largest absolute Gasteiger partial charge is 0.307 e. The van der Waals surface area contributed by atoms with E-state index in [9.17, 15) is 0 Å². The highest BCUT2D eigenvalue weighted by atomic mass is 15.4. The van der Waals surface area contributed by atoms with Crippen molar-refractivity contribution >= 4 is 129 Å². The molecule has 0 spiro atoms. The number of fused-ring (bicyclic) bond motifs is 2. The molecule has 10 heteroatoms. The molecule has 17 rings (SSSR count). The zero-order valence-electron chi connectivity index (χ0n) is 42.7. The maximum absolute atomic E-state index is 4.55. The van der Waals surface area contributed by atoms with Gasteiger partial charge in [-0.1, -0.05) is 144 Å². The Morgan fingerprint density at radius 1 is 0.308 bits per heavy atom. The summed E-state index contributed by atoms with van der Waals surface area (Å²) in [7, 11) is 0. The Balaban J connectivity index is 0.577. The molecule has 0 aliphatic rings. The summed E-state index contributed by atoms with van der Waals surface area (Å²) in [6.07, 6.45) is 13.3. The maximum atomic E-state index is 4.55. The molecule has 78 heavy (non-hydrogen) atoms. The van der Waals surface area contributed by atoms with Crippen molar-refractivity contribution in [1.82, 2.24) is 40.6 Å². The van der Waals surface area contributed by atoms with Crippen molar-refractivity contribution in [3.05, 3.63) is 217 Å². The van der Waals surface area contributed by atoms with Crippen molar-refractivity contribution in [3.8, 4) is 0 Å². The van der Waals surface area contributed by atoms with Crippen LogP contribution >= 0.6 is 0 Å². The molecule has 0 aliphatic heterocycles. The SMILES string of the molecule is c1cc2ccc3ccc(CNCc4cn(CC[n+]5cc6ccc7c8ccc9c[n+](CCn%10cc(CNCc%11ccc%12ccc%13cccc%14ccc%11c%12c%13%14)nn%10)cc%10ccc(c%11ccc(c5)c6c7%11)c8c9%10)nn4)c4ccc(c1)c2c34. The minimum atomic E-state index is 0.649. The number of nitrogens with zero attached hydrogens (tertiary/aromatic N) is 8. The highest BCUT2D eigenvalue weighted by molar-refractivity contribution is 6.39. The van der Waals surface area contributed by atoms with Gasteiger partial charge in [0.1, 0.15) is 13.1 Å². The van der Waals surface area contributed by atoms with E-state index in [1.807, 2.05) is 9.36 Å². The lowest BCUT2D eigenvalue weighted by Gasteiger charge is -2.17. The molecule has 0 bridgehead atoms. The van der Waals surface area contributed by atoms with Gasteiger partial charge in [0.2, 0.25) is 0 Å². The number of aryl methyl sites for hydroxylation is 4. The average molecular weight is 1010 g/mol. The molecule has 0 radical (unpaired) electrons. The first kappa shape index (κ1) is 43.7. The van der Waals surface area contributed by atoms with Crippen molar-refractivity contribution < 1.29 is 9.13 Å². The van der Waals surface area contributed by atoms with E-state index in [1.54, 1.807) is 0 Å². The van der Waals surface area contributed by atoms with E-state index in [0.29, 0.717) is 13.1 Å². The molecule has 0 saturated carbocycles. The monoisotopic (exact) mass is 1010 g/mol. The molecule has 13 aromatic carbocycles. The van der Waals surface area contributed by atoms with Crippen molar-refractivity contribution in [2.24, 2.45) is 0 Å². The number of benzene rings is 13. The lowest BCUT2D eigenvalue weighted by atomic mass is 9.86. The lowest BCUT2D eigenvalue weighted by molar-refractivity contribution is -0.696. The van der Waals surface area contributed by atoms with E-state index in [1.165, 1.54) is 140 Å². The molecule has 0 amide bonds. The summed E-state index contributed by atoms with van der Waals surface area (Å²) >= 11 is 0. The molecule has 0 atom stereocenters. The zero-order chi connectivity index (χ0) is 51.0. The number of aromatic nitrogens is 8. The van der Waals surface area contributed by atoms with Crippen LogP contribution in [0.4, 0.5) is 0 Å². The fourth-order valence-corrected chi connectivity index (χ4v) is 13.5. The van der Waals surface area contributed by atoms with Crippen LogP contribution in [0.2, 0.25) is 0 Å². The van der Waals surface area contributed by atoms with E-state index in [4.69, 9.17) is 0 Å². The van der Waals surface area contributed by atoms with Crippen molar-refractivity contribution in [1.29, 1.82) is 0 Å². The van der Waals surface area contributed by atoms with Crippen molar-refractivity contribution in [3.63, 3.8) is 0 Å². The van der Waals surface area contributed by atoms with Gasteiger partial charge in [-0.05, 0) is 132 Å². The Kier molecular flexibility index (Phi) is 9.54. The molecule has 370 valence electrons. The molecule has 0 saturated heterocycles. The first-order chi connectivity index (χ1) is 38.6. The summed E-state index contributed by atoms with van der Waals surface area (Å²) in [5.74, 6) is 0. The van der Waals surface area contributed by atoms with Crippen LogP contribution in [0.5, 0.6) is 0 Å². The Morgan fingerprint density at radius 3 is 1.03 bits per heavy atom.